The van der Waals surface area contributed by atoms with Crippen LogP contribution in [0, 0.1) is 0 Å². The van der Waals surface area contributed by atoms with Gasteiger partial charge in [-0.3, -0.25) is 14.2 Å². The van der Waals surface area contributed by atoms with Gasteiger partial charge in [-0.15, -0.1) is 0 Å². The lowest BCUT2D eigenvalue weighted by molar-refractivity contribution is -0.137. The maximum Gasteiger partial charge on any atom is 0.323 e. The Balaban J connectivity index is 2.43. The standard InChI is InChI=1S/C12H11NO4S/c1-17-9-4-2-8(3-5-9)10-7-18-12(16)13(10)6-11(14)15/h2-5,7H,6H2,1H3,(H,14,15). The molecule has 0 unspecified atom stereocenters. The summed E-state index contributed by atoms with van der Waals surface area (Å²) in [6.45, 7) is -0.330. The number of aliphatic carboxylic acids is 1. The van der Waals surface area contributed by atoms with Crippen molar-refractivity contribution in [2.45, 2.75) is 6.54 Å². The second-order valence-corrected chi connectivity index (χ2v) is 4.42. The Labute approximate surface area is 107 Å². The maximum atomic E-state index is 11.6. The fraction of sp³-hybridized carbons (Fsp3) is 0.167. The number of carboxylic acid groups (broad SMARTS) is 1. The molecule has 0 aliphatic carbocycles. The van der Waals surface area contributed by atoms with Crippen LogP contribution in [0.1, 0.15) is 0 Å². The van der Waals surface area contributed by atoms with Crippen LogP contribution in [0.15, 0.2) is 34.4 Å². The fourth-order valence-electron chi connectivity index (χ4n) is 1.60. The van der Waals surface area contributed by atoms with E-state index in [0.29, 0.717) is 11.4 Å². The van der Waals surface area contributed by atoms with Crippen molar-refractivity contribution in [2.24, 2.45) is 0 Å². The molecule has 0 saturated heterocycles. The first-order chi connectivity index (χ1) is 8.61. The first kappa shape index (κ1) is 12.4. The molecule has 94 valence electrons. The minimum Gasteiger partial charge on any atom is -0.497 e. The van der Waals surface area contributed by atoms with Crippen LogP contribution in [0.2, 0.25) is 0 Å². The third-order valence-electron chi connectivity index (χ3n) is 2.46. The van der Waals surface area contributed by atoms with Crippen molar-refractivity contribution >= 4 is 17.3 Å². The van der Waals surface area contributed by atoms with Gasteiger partial charge in [0.1, 0.15) is 12.3 Å². The normalized spacial score (nSPS) is 10.3. The van der Waals surface area contributed by atoms with Crippen LogP contribution >= 0.6 is 11.3 Å². The van der Waals surface area contributed by atoms with E-state index in [1.54, 1.807) is 36.8 Å². The van der Waals surface area contributed by atoms with E-state index in [1.807, 2.05) is 0 Å². The van der Waals surface area contributed by atoms with Crippen LogP contribution in [0.25, 0.3) is 11.3 Å². The highest BCUT2D eigenvalue weighted by Gasteiger charge is 2.11. The predicted molar refractivity (Wildman–Crippen MR) is 68.2 cm³/mol. The van der Waals surface area contributed by atoms with E-state index in [-0.39, 0.29) is 11.4 Å². The highest BCUT2D eigenvalue weighted by Crippen LogP contribution is 2.22. The molecular formula is C12H11NO4S. The lowest BCUT2D eigenvalue weighted by atomic mass is 10.1. The molecule has 1 N–H and O–H groups in total. The second-order valence-electron chi connectivity index (χ2n) is 3.60. The first-order valence-corrected chi connectivity index (χ1v) is 6.04. The van der Waals surface area contributed by atoms with Crippen molar-refractivity contribution in [1.29, 1.82) is 0 Å². The van der Waals surface area contributed by atoms with Crippen LogP contribution in [0.3, 0.4) is 0 Å². The van der Waals surface area contributed by atoms with Gasteiger partial charge in [0.05, 0.1) is 12.8 Å². The third-order valence-corrected chi connectivity index (χ3v) is 3.22. The largest absolute Gasteiger partial charge is 0.497 e. The van der Waals surface area contributed by atoms with E-state index < -0.39 is 5.97 Å². The van der Waals surface area contributed by atoms with Gasteiger partial charge in [-0.2, -0.15) is 0 Å². The SMILES string of the molecule is COc1ccc(-c2csc(=O)n2CC(=O)O)cc1. The molecule has 18 heavy (non-hydrogen) atoms. The monoisotopic (exact) mass is 265 g/mol. The van der Waals surface area contributed by atoms with Crippen LogP contribution in [-0.4, -0.2) is 22.8 Å². The van der Waals surface area contributed by atoms with E-state index in [1.165, 1.54) is 4.57 Å². The number of benzene rings is 1. The van der Waals surface area contributed by atoms with Gasteiger partial charge >= 0.3 is 10.8 Å². The van der Waals surface area contributed by atoms with Gasteiger partial charge < -0.3 is 9.84 Å². The Morgan fingerprint density at radius 2 is 2.06 bits per heavy atom. The summed E-state index contributed by atoms with van der Waals surface area (Å²) >= 11 is 0.991. The van der Waals surface area contributed by atoms with E-state index in [9.17, 15) is 9.59 Å². The molecule has 0 spiro atoms. The Hall–Kier alpha value is -2.08. The predicted octanol–water partition coefficient (Wildman–Crippen LogP) is 1.67. The fourth-order valence-corrected chi connectivity index (χ4v) is 2.37. The smallest absolute Gasteiger partial charge is 0.323 e. The van der Waals surface area contributed by atoms with Gasteiger partial charge in [-0.25, -0.2) is 0 Å². The van der Waals surface area contributed by atoms with Crippen molar-refractivity contribution in [3.8, 4) is 17.0 Å². The molecule has 0 amide bonds. The summed E-state index contributed by atoms with van der Waals surface area (Å²) in [5, 5.41) is 10.4. The lowest BCUT2D eigenvalue weighted by Crippen LogP contribution is -2.19. The second kappa shape index (κ2) is 5.05. The molecule has 5 nitrogen and oxygen atoms in total. The molecule has 0 aliphatic rings. The summed E-state index contributed by atoms with van der Waals surface area (Å²) in [5.41, 5.74) is 1.39. The van der Waals surface area contributed by atoms with Crippen molar-refractivity contribution in [1.82, 2.24) is 4.57 Å². The molecular weight excluding hydrogens is 254 g/mol. The van der Waals surface area contributed by atoms with Crippen LogP contribution in [-0.2, 0) is 11.3 Å². The highest BCUT2D eigenvalue weighted by molar-refractivity contribution is 7.07. The quantitative estimate of drug-likeness (QED) is 0.913. The average Bonchev–Trinajstić information content (AvgIpc) is 2.71. The summed E-state index contributed by atoms with van der Waals surface area (Å²) in [6.07, 6.45) is 0. The molecule has 6 heteroatoms. The Morgan fingerprint density at radius 1 is 1.39 bits per heavy atom. The zero-order chi connectivity index (χ0) is 13.1. The number of hydrogen-bond donors (Lipinski definition) is 1. The number of aromatic nitrogens is 1. The van der Waals surface area contributed by atoms with E-state index in [2.05, 4.69) is 0 Å². The van der Waals surface area contributed by atoms with Crippen molar-refractivity contribution in [3.05, 3.63) is 39.3 Å². The average molecular weight is 265 g/mol. The van der Waals surface area contributed by atoms with Crippen molar-refractivity contribution in [3.63, 3.8) is 0 Å². The molecule has 1 heterocycles. The molecule has 0 atom stereocenters. The van der Waals surface area contributed by atoms with Crippen LogP contribution in [0.4, 0.5) is 0 Å². The minimum atomic E-state index is -1.04. The minimum absolute atomic E-state index is 0.275. The number of carbonyl (C=O) groups is 1. The molecule has 1 aromatic carbocycles. The summed E-state index contributed by atoms with van der Waals surface area (Å²) in [4.78, 5) is 22.0. The Bertz CT molecular complexity index is 612. The van der Waals surface area contributed by atoms with Crippen molar-refractivity contribution < 1.29 is 14.6 Å². The Kier molecular flexibility index (Phi) is 3.47. The number of nitrogens with zero attached hydrogens (tertiary/aromatic N) is 1. The Morgan fingerprint density at radius 3 is 2.61 bits per heavy atom. The summed E-state index contributed by atoms with van der Waals surface area (Å²) in [7, 11) is 1.57. The molecule has 0 aliphatic heterocycles. The third kappa shape index (κ3) is 2.43. The van der Waals surface area contributed by atoms with Gasteiger partial charge in [0.2, 0.25) is 0 Å². The summed E-state index contributed by atoms with van der Waals surface area (Å²) < 4.78 is 6.29. The topological polar surface area (TPSA) is 68.5 Å². The number of rotatable bonds is 4. The van der Waals surface area contributed by atoms with Gasteiger partial charge in [0.25, 0.3) is 0 Å². The lowest BCUT2D eigenvalue weighted by Gasteiger charge is -2.06. The molecule has 1 aromatic heterocycles. The molecule has 0 saturated carbocycles. The maximum absolute atomic E-state index is 11.6. The number of ether oxygens (including phenoxy) is 1. The highest BCUT2D eigenvalue weighted by atomic mass is 32.1. The van der Waals surface area contributed by atoms with Gasteiger partial charge in [-0.1, -0.05) is 11.3 Å². The summed E-state index contributed by atoms with van der Waals surface area (Å²) in [6, 6.07) is 7.11. The zero-order valence-corrected chi connectivity index (χ0v) is 10.4. The number of thiazole rings is 1. The first-order valence-electron chi connectivity index (χ1n) is 5.16. The molecule has 0 radical (unpaired) electrons. The molecule has 0 bridgehead atoms. The summed E-state index contributed by atoms with van der Waals surface area (Å²) in [5.74, 6) is -0.327. The van der Waals surface area contributed by atoms with Crippen LogP contribution in [0.5, 0.6) is 5.75 Å². The number of hydrogen-bond acceptors (Lipinski definition) is 4. The van der Waals surface area contributed by atoms with Crippen molar-refractivity contribution in [2.75, 3.05) is 7.11 Å². The molecule has 0 fully saturated rings. The van der Waals surface area contributed by atoms with E-state index >= 15 is 0 Å². The molecule has 2 aromatic rings. The van der Waals surface area contributed by atoms with Gasteiger partial charge in [0, 0.05) is 5.38 Å². The van der Waals surface area contributed by atoms with Gasteiger partial charge in [-0.05, 0) is 29.8 Å². The zero-order valence-electron chi connectivity index (χ0n) is 9.62. The number of carboxylic acids is 1. The van der Waals surface area contributed by atoms with Gasteiger partial charge in [0.15, 0.2) is 0 Å². The van der Waals surface area contributed by atoms with E-state index in [0.717, 1.165) is 16.9 Å². The molecule has 2 rings (SSSR count). The van der Waals surface area contributed by atoms with E-state index in [4.69, 9.17) is 9.84 Å². The van der Waals surface area contributed by atoms with Crippen LogP contribution < -0.4 is 9.61 Å². The number of methoxy groups -OCH3 is 1.